The van der Waals surface area contributed by atoms with E-state index in [9.17, 15) is 4.79 Å². The molecule has 1 aromatic carbocycles. The van der Waals surface area contributed by atoms with Gasteiger partial charge < -0.3 is 19.7 Å². The van der Waals surface area contributed by atoms with E-state index in [0.29, 0.717) is 12.3 Å². The van der Waals surface area contributed by atoms with Crippen LogP contribution >= 0.6 is 0 Å². The Morgan fingerprint density at radius 3 is 2.63 bits per heavy atom. The maximum Gasteiger partial charge on any atom is 0.245 e. The van der Waals surface area contributed by atoms with Crippen molar-refractivity contribution in [1.29, 1.82) is 0 Å². The van der Waals surface area contributed by atoms with E-state index in [1.165, 1.54) is 0 Å². The number of nitrogens with zero attached hydrogens (tertiary/aromatic N) is 1. The van der Waals surface area contributed by atoms with Crippen LogP contribution in [0.5, 0.6) is 11.5 Å². The zero-order valence-electron chi connectivity index (χ0n) is 11.8. The predicted molar refractivity (Wildman–Crippen MR) is 74.0 cm³/mol. The quantitative estimate of drug-likeness (QED) is 0.897. The number of carbonyl (C=O) groups is 1. The lowest BCUT2D eigenvalue weighted by molar-refractivity contribution is -0.126. The summed E-state index contributed by atoms with van der Waals surface area (Å²) in [6, 6.07) is 5.64. The number of methoxy groups -OCH3 is 2. The third kappa shape index (κ3) is 2.32. The molecule has 1 N–H and O–H groups in total. The van der Waals surface area contributed by atoms with Crippen LogP contribution in [0.25, 0.3) is 0 Å². The van der Waals surface area contributed by atoms with Crippen LogP contribution in [0, 0.1) is 0 Å². The number of piperazine rings is 1. The van der Waals surface area contributed by atoms with Gasteiger partial charge >= 0.3 is 0 Å². The molecule has 104 valence electrons. The molecule has 5 nitrogen and oxygen atoms in total. The first kappa shape index (κ1) is 13.5. The SMILES string of the molecule is COc1ccc(N2CCNC(=O)C2(C)C)c(OC)c1. The number of hydrogen-bond donors (Lipinski definition) is 1. The minimum Gasteiger partial charge on any atom is -0.497 e. The highest BCUT2D eigenvalue weighted by Crippen LogP contribution is 2.36. The Labute approximate surface area is 113 Å². The minimum atomic E-state index is -0.597. The van der Waals surface area contributed by atoms with Crippen LogP contribution in [-0.4, -0.2) is 38.8 Å². The Balaban J connectivity index is 2.42. The van der Waals surface area contributed by atoms with Crippen molar-refractivity contribution < 1.29 is 14.3 Å². The highest BCUT2D eigenvalue weighted by atomic mass is 16.5. The molecule has 1 aliphatic rings. The van der Waals surface area contributed by atoms with Crippen molar-refractivity contribution in [2.24, 2.45) is 0 Å². The van der Waals surface area contributed by atoms with Gasteiger partial charge in [0.1, 0.15) is 17.0 Å². The topological polar surface area (TPSA) is 50.8 Å². The number of rotatable bonds is 3. The van der Waals surface area contributed by atoms with Gasteiger partial charge in [-0.05, 0) is 26.0 Å². The number of hydrogen-bond acceptors (Lipinski definition) is 4. The van der Waals surface area contributed by atoms with Gasteiger partial charge in [-0.3, -0.25) is 4.79 Å². The number of amides is 1. The van der Waals surface area contributed by atoms with Crippen molar-refractivity contribution in [2.45, 2.75) is 19.4 Å². The first-order valence-electron chi connectivity index (χ1n) is 6.28. The molecule has 1 aliphatic heterocycles. The lowest BCUT2D eigenvalue weighted by Gasteiger charge is -2.43. The van der Waals surface area contributed by atoms with E-state index >= 15 is 0 Å². The molecule has 0 aromatic heterocycles. The van der Waals surface area contributed by atoms with Crippen molar-refractivity contribution in [3.8, 4) is 11.5 Å². The number of nitrogens with one attached hydrogen (secondary N) is 1. The van der Waals surface area contributed by atoms with E-state index < -0.39 is 5.54 Å². The zero-order valence-corrected chi connectivity index (χ0v) is 11.8. The summed E-state index contributed by atoms with van der Waals surface area (Å²) >= 11 is 0. The molecule has 2 rings (SSSR count). The fraction of sp³-hybridized carbons (Fsp3) is 0.500. The van der Waals surface area contributed by atoms with Crippen LogP contribution in [0.15, 0.2) is 18.2 Å². The second-order valence-corrected chi connectivity index (χ2v) is 5.00. The molecule has 19 heavy (non-hydrogen) atoms. The molecular formula is C14H20N2O3. The van der Waals surface area contributed by atoms with Crippen LogP contribution in [0.2, 0.25) is 0 Å². The Bertz CT molecular complexity index is 486. The molecule has 1 aromatic rings. The van der Waals surface area contributed by atoms with Gasteiger partial charge in [0.2, 0.25) is 5.91 Å². The normalized spacial score (nSPS) is 17.9. The molecule has 1 amide bonds. The average molecular weight is 264 g/mol. The zero-order chi connectivity index (χ0) is 14.0. The Kier molecular flexibility index (Phi) is 3.55. The first-order valence-corrected chi connectivity index (χ1v) is 6.28. The summed E-state index contributed by atoms with van der Waals surface area (Å²) in [6.45, 7) is 5.20. The lowest BCUT2D eigenvalue weighted by Crippen LogP contribution is -2.62. The Morgan fingerprint density at radius 2 is 2.00 bits per heavy atom. The van der Waals surface area contributed by atoms with Gasteiger partial charge in [0, 0.05) is 19.2 Å². The van der Waals surface area contributed by atoms with Crippen LogP contribution in [-0.2, 0) is 4.79 Å². The van der Waals surface area contributed by atoms with Crippen LogP contribution in [0.4, 0.5) is 5.69 Å². The van der Waals surface area contributed by atoms with E-state index in [1.54, 1.807) is 14.2 Å². The van der Waals surface area contributed by atoms with Gasteiger partial charge in [0.05, 0.1) is 19.9 Å². The molecule has 0 radical (unpaired) electrons. The molecule has 0 atom stereocenters. The van der Waals surface area contributed by atoms with Gasteiger partial charge in [-0.25, -0.2) is 0 Å². The van der Waals surface area contributed by atoms with Crippen molar-refractivity contribution in [3.63, 3.8) is 0 Å². The van der Waals surface area contributed by atoms with Crippen molar-refractivity contribution in [3.05, 3.63) is 18.2 Å². The second-order valence-electron chi connectivity index (χ2n) is 5.00. The van der Waals surface area contributed by atoms with E-state index in [-0.39, 0.29) is 5.91 Å². The van der Waals surface area contributed by atoms with Crippen molar-refractivity contribution in [2.75, 3.05) is 32.2 Å². The molecule has 0 aliphatic carbocycles. The molecule has 1 saturated heterocycles. The van der Waals surface area contributed by atoms with Gasteiger partial charge in [-0.15, -0.1) is 0 Å². The molecule has 0 bridgehead atoms. The maximum atomic E-state index is 12.0. The molecule has 0 spiro atoms. The summed E-state index contributed by atoms with van der Waals surface area (Å²) in [6.07, 6.45) is 0. The fourth-order valence-corrected chi connectivity index (χ4v) is 2.33. The van der Waals surface area contributed by atoms with E-state index in [2.05, 4.69) is 10.2 Å². The number of anilines is 1. The van der Waals surface area contributed by atoms with Crippen LogP contribution < -0.4 is 19.7 Å². The predicted octanol–water partition coefficient (Wildman–Crippen LogP) is 1.42. The molecule has 0 unspecified atom stereocenters. The lowest BCUT2D eigenvalue weighted by atomic mass is 9.97. The monoisotopic (exact) mass is 264 g/mol. The third-order valence-corrected chi connectivity index (χ3v) is 3.53. The van der Waals surface area contributed by atoms with E-state index in [0.717, 1.165) is 18.0 Å². The summed E-state index contributed by atoms with van der Waals surface area (Å²) in [5.41, 5.74) is 0.309. The van der Waals surface area contributed by atoms with Crippen LogP contribution in [0.1, 0.15) is 13.8 Å². The van der Waals surface area contributed by atoms with Crippen LogP contribution in [0.3, 0.4) is 0 Å². The van der Waals surface area contributed by atoms with E-state index in [1.807, 2.05) is 32.0 Å². The molecule has 0 saturated carbocycles. The average Bonchev–Trinajstić information content (AvgIpc) is 2.41. The van der Waals surface area contributed by atoms with E-state index in [4.69, 9.17) is 9.47 Å². The summed E-state index contributed by atoms with van der Waals surface area (Å²) < 4.78 is 10.6. The molecular weight excluding hydrogens is 244 g/mol. The van der Waals surface area contributed by atoms with Gasteiger partial charge in [0.25, 0.3) is 0 Å². The molecule has 1 heterocycles. The fourth-order valence-electron chi connectivity index (χ4n) is 2.33. The van der Waals surface area contributed by atoms with Gasteiger partial charge in [-0.2, -0.15) is 0 Å². The number of ether oxygens (including phenoxy) is 2. The van der Waals surface area contributed by atoms with Crippen molar-refractivity contribution >= 4 is 11.6 Å². The summed E-state index contributed by atoms with van der Waals surface area (Å²) in [7, 11) is 3.24. The first-order chi connectivity index (χ1) is 9.00. The van der Waals surface area contributed by atoms with Gasteiger partial charge in [0.15, 0.2) is 0 Å². The maximum absolute atomic E-state index is 12.0. The van der Waals surface area contributed by atoms with Crippen molar-refractivity contribution in [1.82, 2.24) is 5.32 Å². The highest BCUT2D eigenvalue weighted by Gasteiger charge is 2.38. The minimum absolute atomic E-state index is 0.0246. The number of benzene rings is 1. The van der Waals surface area contributed by atoms with Gasteiger partial charge in [-0.1, -0.05) is 0 Å². The summed E-state index contributed by atoms with van der Waals surface area (Å²) in [5.74, 6) is 1.47. The third-order valence-electron chi connectivity index (χ3n) is 3.53. The standard InChI is InChI=1S/C14H20N2O3/c1-14(2)13(17)15-7-8-16(14)11-6-5-10(18-3)9-12(11)19-4/h5-6,9H,7-8H2,1-4H3,(H,15,17). The molecule has 1 fully saturated rings. The second kappa shape index (κ2) is 4.99. The largest absolute Gasteiger partial charge is 0.497 e. The smallest absolute Gasteiger partial charge is 0.245 e. The number of carbonyl (C=O) groups excluding carboxylic acids is 1. The Hall–Kier alpha value is -1.91. The summed E-state index contributed by atoms with van der Waals surface area (Å²) in [4.78, 5) is 14.1. The Morgan fingerprint density at radius 1 is 1.26 bits per heavy atom. The molecule has 5 heteroatoms. The highest BCUT2D eigenvalue weighted by molar-refractivity contribution is 5.91. The summed E-state index contributed by atoms with van der Waals surface area (Å²) in [5, 5.41) is 2.89.